The van der Waals surface area contributed by atoms with Gasteiger partial charge in [0.25, 0.3) is 0 Å². The zero-order chi connectivity index (χ0) is 15.5. The molecule has 21 heavy (non-hydrogen) atoms. The summed E-state index contributed by atoms with van der Waals surface area (Å²) in [6.07, 6.45) is 5.05. The molecule has 0 atom stereocenters. The number of rotatable bonds is 4. The van der Waals surface area contributed by atoms with Crippen molar-refractivity contribution in [3.63, 3.8) is 0 Å². The summed E-state index contributed by atoms with van der Waals surface area (Å²) in [7, 11) is 0. The minimum atomic E-state index is -0.0646. The molecule has 6 heteroatoms. The first-order chi connectivity index (χ1) is 9.86. The summed E-state index contributed by atoms with van der Waals surface area (Å²) in [5.74, 6) is 0.606. The van der Waals surface area contributed by atoms with Gasteiger partial charge in [0.1, 0.15) is 25.0 Å². The van der Waals surface area contributed by atoms with Crippen molar-refractivity contribution in [3.8, 4) is 5.75 Å². The molecule has 1 heterocycles. The molecule has 4 nitrogen and oxygen atoms in total. The van der Waals surface area contributed by atoms with Gasteiger partial charge in [-0.25, -0.2) is 9.67 Å². The molecular weight excluding hydrogens is 309 g/mol. The van der Waals surface area contributed by atoms with Crippen LogP contribution in [0.2, 0.25) is 10.0 Å². The third-order valence-corrected chi connectivity index (χ3v) is 3.50. The van der Waals surface area contributed by atoms with Crippen molar-refractivity contribution in [2.75, 3.05) is 6.61 Å². The molecule has 0 saturated carbocycles. The van der Waals surface area contributed by atoms with E-state index in [1.807, 2.05) is 6.20 Å². The van der Waals surface area contributed by atoms with Crippen LogP contribution < -0.4 is 4.74 Å². The van der Waals surface area contributed by atoms with Crippen molar-refractivity contribution in [3.05, 3.63) is 46.5 Å². The monoisotopic (exact) mass is 325 g/mol. The van der Waals surface area contributed by atoms with Crippen molar-refractivity contribution in [1.82, 2.24) is 14.8 Å². The van der Waals surface area contributed by atoms with E-state index in [9.17, 15) is 0 Å². The summed E-state index contributed by atoms with van der Waals surface area (Å²) in [6.45, 7) is 6.75. The van der Waals surface area contributed by atoms with Gasteiger partial charge in [-0.1, -0.05) is 44.0 Å². The Hall–Kier alpha value is -1.52. The third kappa shape index (κ3) is 4.48. The average molecular weight is 326 g/mol. The van der Waals surface area contributed by atoms with Crippen LogP contribution in [0.3, 0.4) is 0 Å². The van der Waals surface area contributed by atoms with Crippen molar-refractivity contribution in [2.45, 2.75) is 20.8 Å². The molecule has 1 aromatic heterocycles. The van der Waals surface area contributed by atoms with E-state index >= 15 is 0 Å². The minimum absolute atomic E-state index is 0.0646. The van der Waals surface area contributed by atoms with Crippen LogP contribution in [-0.2, 0) is 0 Å². The number of nitrogens with zero attached hydrogens (tertiary/aromatic N) is 3. The maximum atomic E-state index is 6.11. The molecule has 2 rings (SSSR count). The van der Waals surface area contributed by atoms with Gasteiger partial charge in [-0.05, 0) is 29.2 Å². The number of aromatic nitrogens is 3. The fourth-order valence-corrected chi connectivity index (χ4v) is 2.10. The van der Waals surface area contributed by atoms with Gasteiger partial charge >= 0.3 is 0 Å². The maximum absolute atomic E-state index is 6.11. The first kappa shape index (κ1) is 15.9. The lowest BCUT2D eigenvalue weighted by atomic mass is 9.87. The summed E-state index contributed by atoms with van der Waals surface area (Å²) < 4.78 is 7.47. The molecule has 0 unspecified atom stereocenters. The van der Waals surface area contributed by atoms with Gasteiger partial charge in [0.15, 0.2) is 0 Å². The second-order valence-electron chi connectivity index (χ2n) is 5.64. The van der Waals surface area contributed by atoms with Gasteiger partial charge in [-0.3, -0.25) is 0 Å². The molecule has 0 aliphatic heterocycles. The fourth-order valence-electron chi connectivity index (χ4n) is 1.64. The molecule has 2 aromatic rings. The SMILES string of the molecule is CC(C)(C)/C(=C/n1cncn1)COc1ccc(Cl)cc1Cl. The van der Waals surface area contributed by atoms with Gasteiger partial charge in [0.05, 0.1) is 5.02 Å². The largest absolute Gasteiger partial charge is 0.488 e. The lowest BCUT2D eigenvalue weighted by molar-refractivity contribution is 0.316. The van der Waals surface area contributed by atoms with Crippen LogP contribution in [0.1, 0.15) is 20.8 Å². The second-order valence-corrected chi connectivity index (χ2v) is 6.49. The van der Waals surface area contributed by atoms with Gasteiger partial charge in [0.2, 0.25) is 0 Å². The molecule has 0 aliphatic carbocycles. The van der Waals surface area contributed by atoms with Crippen LogP contribution >= 0.6 is 23.2 Å². The first-order valence-electron chi connectivity index (χ1n) is 6.49. The standard InChI is InChI=1S/C15H17Cl2N3O/c1-15(2,3)11(7-20-10-18-9-19-20)8-21-14-5-4-12(16)6-13(14)17/h4-7,9-10H,8H2,1-3H3/b11-7+. The Labute approximate surface area is 134 Å². The minimum Gasteiger partial charge on any atom is -0.488 e. The molecule has 0 bridgehead atoms. The van der Waals surface area contributed by atoms with Crippen LogP contribution in [0.25, 0.3) is 6.20 Å². The van der Waals surface area contributed by atoms with Gasteiger partial charge in [0, 0.05) is 11.2 Å². The molecular formula is C15H17Cl2N3O. The highest BCUT2D eigenvalue weighted by Crippen LogP contribution is 2.30. The van der Waals surface area contributed by atoms with Gasteiger partial charge in [-0.15, -0.1) is 0 Å². The zero-order valence-electron chi connectivity index (χ0n) is 12.2. The van der Waals surface area contributed by atoms with E-state index in [0.717, 1.165) is 5.57 Å². The number of halogens is 2. The highest BCUT2D eigenvalue weighted by atomic mass is 35.5. The van der Waals surface area contributed by atoms with Crippen LogP contribution in [0.4, 0.5) is 0 Å². The predicted molar refractivity (Wildman–Crippen MR) is 85.7 cm³/mol. The van der Waals surface area contributed by atoms with Gasteiger partial charge < -0.3 is 4.74 Å². The molecule has 0 amide bonds. The second kappa shape index (κ2) is 6.50. The number of benzene rings is 1. The van der Waals surface area contributed by atoms with Crippen LogP contribution in [0, 0.1) is 5.41 Å². The number of hydrogen-bond acceptors (Lipinski definition) is 3. The fraction of sp³-hybridized carbons (Fsp3) is 0.333. The lowest BCUT2D eigenvalue weighted by Gasteiger charge is -2.23. The van der Waals surface area contributed by atoms with Crippen molar-refractivity contribution in [2.24, 2.45) is 5.41 Å². The van der Waals surface area contributed by atoms with Crippen molar-refractivity contribution >= 4 is 29.4 Å². The molecule has 0 radical (unpaired) electrons. The summed E-state index contributed by atoms with van der Waals surface area (Å²) in [4.78, 5) is 3.93. The summed E-state index contributed by atoms with van der Waals surface area (Å²) in [6, 6.07) is 5.18. The van der Waals surface area contributed by atoms with E-state index in [2.05, 4.69) is 30.9 Å². The van der Waals surface area contributed by atoms with E-state index in [1.165, 1.54) is 6.33 Å². The molecule has 1 aromatic carbocycles. The smallest absolute Gasteiger partial charge is 0.138 e. The Morgan fingerprint density at radius 3 is 2.67 bits per heavy atom. The highest BCUT2D eigenvalue weighted by Gasteiger charge is 2.18. The molecule has 0 fully saturated rings. The van der Waals surface area contributed by atoms with Crippen LogP contribution in [0.15, 0.2) is 36.4 Å². The van der Waals surface area contributed by atoms with Crippen molar-refractivity contribution < 1.29 is 4.74 Å². The summed E-state index contributed by atoms with van der Waals surface area (Å²) in [5, 5.41) is 5.17. The highest BCUT2D eigenvalue weighted by molar-refractivity contribution is 6.35. The average Bonchev–Trinajstić information content (AvgIpc) is 2.87. The molecule has 112 valence electrons. The van der Waals surface area contributed by atoms with Crippen LogP contribution in [-0.4, -0.2) is 21.4 Å². The molecule has 0 aliphatic rings. The van der Waals surface area contributed by atoms with E-state index in [0.29, 0.717) is 22.4 Å². The number of ether oxygens (including phenoxy) is 1. The zero-order valence-corrected chi connectivity index (χ0v) is 13.7. The molecule has 0 N–H and O–H groups in total. The summed E-state index contributed by atoms with van der Waals surface area (Å²) >= 11 is 12.0. The van der Waals surface area contributed by atoms with E-state index in [4.69, 9.17) is 27.9 Å². The Morgan fingerprint density at radius 2 is 2.10 bits per heavy atom. The van der Waals surface area contributed by atoms with Gasteiger partial charge in [-0.2, -0.15) is 5.10 Å². The molecule has 0 saturated heterocycles. The first-order valence-corrected chi connectivity index (χ1v) is 7.25. The lowest BCUT2D eigenvalue weighted by Crippen LogP contribution is -2.17. The van der Waals surface area contributed by atoms with E-state index < -0.39 is 0 Å². The quantitative estimate of drug-likeness (QED) is 0.827. The van der Waals surface area contributed by atoms with E-state index in [1.54, 1.807) is 29.2 Å². The normalized spacial score (nSPS) is 12.5. The summed E-state index contributed by atoms with van der Waals surface area (Å²) in [5.41, 5.74) is 1.00. The van der Waals surface area contributed by atoms with Crippen LogP contribution in [0.5, 0.6) is 5.75 Å². The Morgan fingerprint density at radius 1 is 1.33 bits per heavy atom. The maximum Gasteiger partial charge on any atom is 0.138 e. The number of hydrogen-bond donors (Lipinski definition) is 0. The van der Waals surface area contributed by atoms with Crippen molar-refractivity contribution in [1.29, 1.82) is 0 Å². The Balaban J connectivity index is 2.17. The predicted octanol–water partition coefficient (Wildman–Crippen LogP) is 4.55. The Kier molecular flexibility index (Phi) is 4.91. The third-order valence-electron chi connectivity index (χ3n) is 2.97. The Bertz CT molecular complexity index is 631. The molecule has 0 spiro atoms. The topological polar surface area (TPSA) is 39.9 Å². The van der Waals surface area contributed by atoms with E-state index in [-0.39, 0.29) is 5.41 Å².